The molecule has 1 N–H and O–H groups in total. The highest BCUT2D eigenvalue weighted by Crippen LogP contribution is 2.17. The topological polar surface area (TPSA) is 55.8 Å². The Morgan fingerprint density at radius 1 is 1.64 bits per heavy atom. The van der Waals surface area contributed by atoms with E-state index in [1.165, 1.54) is 6.08 Å². The van der Waals surface area contributed by atoms with Crippen LogP contribution in [0.5, 0.6) is 0 Å². The van der Waals surface area contributed by atoms with Crippen molar-refractivity contribution in [3.63, 3.8) is 0 Å². The van der Waals surface area contributed by atoms with E-state index in [9.17, 15) is 4.79 Å². The van der Waals surface area contributed by atoms with Crippen LogP contribution in [0.15, 0.2) is 11.8 Å². The lowest BCUT2D eigenvalue weighted by Crippen LogP contribution is -2.22. The minimum absolute atomic E-state index is 0.259. The lowest BCUT2D eigenvalue weighted by molar-refractivity contribution is -0.148. The smallest absolute Gasteiger partial charge is 0.334 e. The molecule has 0 aromatic heterocycles. The predicted octanol–water partition coefficient (Wildman–Crippen LogP) is 0.993. The Bertz CT molecular complexity index is 249. The molecule has 0 unspecified atom stereocenters. The second kappa shape index (κ2) is 4.00. The zero-order valence-electron chi connectivity index (χ0n) is 8.74. The van der Waals surface area contributed by atoms with Crippen LogP contribution in [0.3, 0.4) is 0 Å². The van der Waals surface area contributed by atoms with Crippen molar-refractivity contribution in [2.75, 3.05) is 6.61 Å². The molecule has 1 aliphatic heterocycles. The summed E-state index contributed by atoms with van der Waals surface area (Å²) in [6.07, 6.45) is 1.18. The number of hydrogen-bond acceptors (Lipinski definition) is 4. The van der Waals surface area contributed by atoms with E-state index in [4.69, 9.17) is 14.6 Å². The van der Waals surface area contributed by atoms with E-state index in [2.05, 4.69) is 0 Å². The van der Waals surface area contributed by atoms with Crippen LogP contribution in [0.2, 0.25) is 0 Å². The first kappa shape index (κ1) is 11.0. The highest BCUT2D eigenvalue weighted by molar-refractivity contribution is 5.82. The van der Waals surface area contributed by atoms with Crippen LogP contribution in [0.25, 0.3) is 0 Å². The summed E-state index contributed by atoms with van der Waals surface area (Å²) in [6, 6.07) is 0. The van der Waals surface area contributed by atoms with Gasteiger partial charge in [0.2, 0.25) is 0 Å². The van der Waals surface area contributed by atoms with Gasteiger partial charge < -0.3 is 14.6 Å². The van der Waals surface area contributed by atoms with E-state index >= 15 is 0 Å². The number of rotatable bonds is 1. The third kappa shape index (κ3) is 3.79. The van der Waals surface area contributed by atoms with Gasteiger partial charge in [-0.2, -0.15) is 0 Å². The highest BCUT2D eigenvalue weighted by atomic mass is 16.6. The summed E-state index contributed by atoms with van der Waals surface area (Å²) < 4.78 is 10.1. The van der Waals surface area contributed by atoms with Crippen molar-refractivity contribution in [3.05, 3.63) is 11.8 Å². The van der Waals surface area contributed by atoms with Crippen LogP contribution >= 0.6 is 0 Å². The molecule has 4 heteroatoms. The third-order valence-corrected chi connectivity index (χ3v) is 1.58. The molecule has 0 aromatic rings. The normalized spacial score (nSPS) is 24.9. The van der Waals surface area contributed by atoms with Gasteiger partial charge in [0.1, 0.15) is 18.0 Å². The standard InChI is InChI=1S/C10H16O4/c1-10(2,3)14-9(12)5-8-4-7(11)6-13-8/h5,7,11H,4,6H2,1-3H3/b8-5+/t7-/m0/s1. The third-order valence-electron chi connectivity index (χ3n) is 1.58. The maximum absolute atomic E-state index is 11.3. The lowest BCUT2D eigenvalue weighted by Gasteiger charge is -2.18. The Kier molecular flexibility index (Phi) is 3.16. The quantitative estimate of drug-likeness (QED) is 0.506. The largest absolute Gasteiger partial charge is 0.495 e. The van der Waals surface area contributed by atoms with E-state index in [0.29, 0.717) is 12.2 Å². The van der Waals surface area contributed by atoms with Gasteiger partial charge in [-0.05, 0) is 20.8 Å². The average Bonchev–Trinajstić information content (AvgIpc) is 2.30. The number of hydrogen-bond donors (Lipinski definition) is 1. The van der Waals surface area contributed by atoms with Crippen molar-refractivity contribution in [1.29, 1.82) is 0 Å². The summed E-state index contributed by atoms with van der Waals surface area (Å²) in [7, 11) is 0. The van der Waals surface area contributed by atoms with Gasteiger partial charge in [0, 0.05) is 6.42 Å². The molecule has 0 spiro atoms. The lowest BCUT2D eigenvalue weighted by atomic mass is 10.2. The summed E-state index contributed by atoms with van der Waals surface area (Å²) in [4.78, 5) is 11.3. The molecule has 0 bridgehead atoms. The van der Waals surface area contributed by atoms with Crippen LogP contribution < -0.4 is 0 Å². The summed E-state index contributed by atoms with van der Waals surface area (Å²) in [5.41, 5.74) is -0.495. The van der Waals surface area contributed by atoms with Crippen molar-refractivity contribution in [2.45, 2.75) is 38.9 Å². The maximum Gasteiger partial charge on any atom is 0.334 e. The molecule has 0 aliphatic carbocycles. The number of aliphatic hydroxyl groups excluding tert-OH is 1. The van der Waals surface area contributed by atoms with Crippen LogP contribution in [0.1, 0.15) is 27.2 Å². The fourth-order valence-corrected chi connectivity index (χ4v) is 1.12. The first-order valence-electron chi connectivity index (χ1n) is 4.61. The fourth-order valence-electron chi connectivity index (χ4n) is 1.12. The number of carbonyl (C=O) groups is 1. The second-order valence-corrected chi connectivity index (χ2v) is 4.31. The van der Waals surface area contributed by atoms with E-state index in [0.717, 1.165) is 0 Å². The first-order chi connectivity index (χ1) is 6.37. The van der Waals surface area contributed by atoms with Gasteiger partial charge in [-0.3, -0.25) is 0 Å². The summed E-state index contributed by atoms with van der Waals surface area (Å²) >= 11 is 0. The molecule has 1 rings (SSSR count). The Morgan fingerprint density at radius 2 is 2.29 bits per heavy atom. The average molecular weight is 200 g/mol. The summed E-state index contributed by atoms with van der Waals surface area (Å²) in [5, 5.41) is 9.13. The first-order valence-corrected chi connectivity index (χ1v) is 4.61. The SMILES string of the molecule is CC(C)(C)OC(=O)/C=C1\C[C@H](O)CO1. The van der Waals surface area contributed by atoms with Gasteiger partial charge >= 0.3 is 5.97 Å². The molecule has 1 atom stereocenters. The zero-order chi connectivity index (χ0) is 10.8. The second-order valence-electron chi connectivity index (χ2n) is 4.31. The van der Waals surface area contributed by atoms with Gasteiger partial charge in [-0.25, -0.2) is 4.79 Å². The monoisotopic (exact) mass is 200 g/mol. The maximum atomic E-state index is 11.3. The Hall–Kier alpha value is -1.03. The molecule has 4 nitrogen and oxygen atoms in total. The van der Waals surface area contributed by atoms with Crippen molar-refractivity contribution < 1.29 is 19.4 Å². The van der Waals surface area contributed by atoms with Crippen LogP contribution in [0, 0.1) is 0 Å². The van der Waals surface area contributed by atoms with Crippen molar-refractivity contribution in [1.82, 2.24) is 0 Å². The van der Waals surface area contributed by atoms with Crippen molar-refractivity contribution in [2.24, 2.45) is 0 Å². The van der Waals surface area contributed by atoms with Crippen LogP contribution in [0.4, 0.5) is 0 Å². The summed E-state index contributed by atoms with van der Waals surface area (Å²) in [5.74, 6) is 0.0633. The van der Waals surface area contributed by atoms with Gasteiger partial charge in [-0.1, -0.05) is 0 Å². The van der Waals surface area contributed by atoms with E-state index in [1.54, 1.807) is 20.8 Å². The Labute approximate surface area is 83.5 Å². The van der Waals surface area contributed by atoms with E-state index in [-0.39, 0.29) is 6.61 Å². The molecule has 0 amide bonds. The molecule has 0 aromatic carbocycles. The Morgan fingerprint density at radius 3 is 2.71 bits per heavy atom. The zero-order valence-corrected chi connectivity index (χ0v) is 8.74. The molecule has 14 heavy (non-hydrogen) atoms. The summed E-state index contributed by atoms with van der Waals surface area (Å²) in [6.45, 7) is 5.66. The molecule has 1 saturated heterocycles. The molecular formula is C10H16O4. The molecule has 1 heterocycles. The molecule has 1 fully saturated rings. The predicted molar refractivity (Wildman–Crippen MR) is 50.5 cm³/mol. The molecule has 80 valence electrons. The van der Waals surface area contributed by atoms with Gasteiger partial charge in [0.05, 0.1) is 12.2 Å². The minimum atomic E-state index is -0.497. The fraction of sp³-hybridized carbons (Fsp3) is 0.700. The minimum Gasteiger partial charge on any atom is -0.495 e. The van der Waals surface area contributed by atoms with Gasteiger partial charge in [-0.15, -0.1) is 0 Å². The molecular weight excluding hydrogens is 184 g/mol. The number of esters is 1. The van der Waals surface area contributed by atoms with E-state index < -0.39 is 17.7 Å². The highest BCUT2D eigenvalue weighted by Gasteiger charge is 2.21. The Balaban J connectivity index is 2.48. The van der Waals surface area contributed by atoms with Crippen LogP contribution in [-0.2, 0) is 14.3 Å². The number of carbonyl (C=O) groups excluding carboxylic acids is 1. The molecule has 0 radical (unpaired) electrons. The van der Waals surface area contributed by atoms with Gasteiger partial charge in [0.15, 0.2) is 0 Å². The van der Waals surface area contributed by atoms with Crippen molar-refractivity contribution in [3.8, 4) is 0 Å². The van der Waals surface area contributed by atoms with Crippen LogP contribution in [-0.4, -0.2) is 29.4 Å². The van der Waals surface area contributed by atoms with E-state index in [1.807, 2.05) is 0 Å². The van der Waals surface area contributed by atoms with Crippen molar-refractivity contribution >= 4 is 5.97 Å². The molecule has 0 saturated carbocycles. The molecule has 1 aliphatic rings. The number of aliphatic hydroxyl groups is 1. The number of ether oxygens (including phenoxy) is 2. The van der Waals surface area contributed by atoms with Gasteiger partial charge in [0.25, 0.3) is 0 Å².